The summed E-state index contributed by atoms with van der Waals surface area (Å²) in [5, 5.41) is 12.8. The monoisotopic (exact) mass is 495 g/mol. The average molecular weight is 496 g/mol. The van der Waals surface area contributed by atoms with Crippen LogP contribution in [0.3, 0.4) is 0 Å². The van der Waals surface area contributed by atoms with Crippen molar-refractivity contribution in [3.8, 4) is 17.2 Å². The standard InChI is InChI=1S/C25H29N5O4S/c1-3-18-6-4-5-7-20(18)30-24(29-10-12-32-13-11-29)27-28-25(30)35-15-23(31)26-17(2)19-8-9-21-22(14-19)34-16-33-21/h4-9,14,17H,3,10-13,15-16H2,1-2H3,(H,26,31)/t17-/m0/s1. The number of fused-ring (bicyclic) bond motifs is 1. The van der Waals surface area contributed by atoms with Gasteiger partial charge < -0.3 is 24.4 Å². The second kappa shape index (κ2) is 10.6. The summed E-state index contributed by atoms with van der Waals surface area (Å²) in [6.45, 7) is 7.14. The molecule has 1 saturated heterocycles. The molecule has 3 heterocycles. The van der Waals surface area contributed by atoms with Gasteiger partial charge in [-0.1, -0.05) is 43.0 Å². The van der Waals surface area contributed by atoms with Crippen molar-refractivity contribution >= 4 is 23.6 Å². The van der Waals surface area contributed by atoms with E-state index < -0.39 is 0 Å². The van der Waals surface area contributed by atoms with Gasteiger partial charge in [0.1, 0.15) is 0 Å². The van der Waals surface area contributed by atoms with Gasteiger partial charge >= 0.3 is 0 Å². The van der Waals surface area contributed by atoms with E-state index in [1.165, 1.54) is 17.3 Å². The maximum absolute atomic E-state index is 12.8. The van der Waals surface area contributed by atoms with Gasteiger partial charge in [-0.15, -0.1) is 10.2 Å². The maximum atomic E-state index is 12.8. The molecule has 2 aromatic carbocycles. The van der Waals surface area contributed by atoms with Crippen LogP contribution in [0.15, 0.2) is 47.6 Å². The number of morpholine rings is 1. The minimum Gasteiger partial charge on any atom is -0.454 e. The first-order chi connectivity index (χ1) is 17.1. The second-order valence-corrected chi connectivity index (χ2v) is 9.33. The molecule has 0 radical (unpaired) electrons. The number of anilines is 1. The van der Waals surface area contributed by atoms with Crippen LogP contribution in [0.5, 0.6) is 11.5 Å². The molecule has 1 amide bonds. The number of aryl methyl sites for hydroxylation is 1. The molecule has 1 N–H and O–H groups in total. The summed E-state index contributed by atoms with van der Waals surface area (Å²) < 4.78 is 18.4. The molecule has 9 nitrogen and oxygen atoms in total. The number of hydrogen-bond donors (Lipinski definition) is 1. The van der Waals surface area contributed by atoms with Gasteiger partial charge in [-0.2, -0.15) is 0 Å². The van der Waals surface area contributed by atoms with Crippen molar-refractivity contribution in [1.29, 1.82) is 0 Å². The number of aromatic nitrogens is 3. The molecule has 1 fully saturated rings. The number of nitrogens with zero attached hydrogens (tertiary/aromatic N) is 4. The second-order valence-electron chi connectivity index (χ2n) is 8.39. The SMILES string of the molecule is CCc1ccccc1-n1c(SCC(=O)N[C@@H](C)c2ccc3c(c2)OCO3)nnc1N1CCOCC1. The van der Waals surface area contributed by atoms with Gasteiger partial charge in [-0.05, 0) is 42.7 Å². The summed E-state index contributed by atoms with van der Waals surface area (Å²) in [6.07, 6.45) is 0.883. The van der Waals surface area contributed by atoms with Crippen LogP contribution >= 0.6 is 11.8 Å². The topological polar surface area (TPSA) is 90.7 Å². The number of amides is 1. The van der Waals surface area contributed by atoms with Crippen molar-refractivity contribution in [2.45, 2.75) is 31.5 Å². The Morgan fingerprint density at radius 3 is 2.74 bits per heavy atom. The smallest absolute Gasteiger partial charge is 0.232 e. The van der Waals surface area contributed by atoms with E-state index >= 15 is 0 Å². The molecule has 35 heavy (non-hydrogen) atoms. The number of carbonyl (C=O) groups excluding carboxylic acids is 1. The number of carbonyl (C=O) groups is 1. The lowest BCUT2D eigenvalue weighted by Crippen LogP contribution is -2.38. The summed E-state index contributed by atoms with van der Waals surface area (Å²) in [5.74, 6) is 2.36. The van der Waals surface area contributed by atoms with E-state index in [9.17, 15) is 4.79 Å². The number of thioether (sulfide) groups is 1. The van der Waals surface area contributed by atoms with Crippen LogP contribution < -0.4 is 19.7 Å². The Kier molecular flexibility index (Phi) is 7.10. The minimum atomic E-state index is -0.166. The fourth-order valence-electron chi connectivity index (χ4n) is 4.24. The Hall–Kier alpha value is -3.24. The Bertz CT molecular complexity index is 1190. The molecule has 0 bridgehead atoms. The first-order valence-electron chi connectivity index (χ1n) is 11.8. The van der Waals surface area contributed by atoms with Gasteiger partial charge in [0.15, 0.2) is 16.7 Å². The van der Waals surface area contributed by atoms with Crippen LogP contribution in [0.2, 0.25) is 0 Å². The van der Waals surface area contributed by atoms with Crippen LogP contribution in [0.25, 0.3) is 5.69 Å². The predicted molar refractivity (Wildman–Crippen MR) is 134 cm³/mol. The van der Waals surface area contributed by atoms with Gasteiger partial charge in [0.05, 0.1) is 30.7 Å². The molecule has 0 saturated carbocycles. The van der Waals surface area contributed by atoms with E-state index in [1.54, 1.807) is 0 Å². The Labute approximate surface area is 208 Å². The van der Waals surface area contributed by atoms with E-state index in [4.69, 9.17) is 14.2 Å². The third kappa shape index (κ3) is 5.08. The van der Waals surface area contributed by atoms with Crippen molar-refractivity contribution in [1.82, 2.24) is 20.1 Å². The minimum absolute atomic E-state index is 0.0774. The first-order valence-corrected chi connectivity index (χ1v) is 12.8. The molecule has 5 rings (SSSR count). The molecule has 0 spiro atoms. The highest BCUT2D eigenvalue weighted by Gasteiger charge is 2.24. The van der Waals surface area contributed by atoms with Crippen LogP contribution in [-0.2, 0) is 16.0 Å². The molecule has 3 aromatic rings. The molecule has 10 heteroatoms. The lowest BCUT2D eigenvalue weighted by Gasteiger charge is -2.28. The summed E-state index contributed by atoms with van der Waals surface area (Å²) in [6, 6.07) is 13.8. The van der Waals surface area contributed by atoms with Crippen LogP contribution in [0.4, 0.5) is 5.95 Å². The number of rotatable bonds is 8. The molecular weight excluding hydrogens is 466 g/mol. The normalized spacial score (nSPS) is 15.8. The Balaban J connectivity index is 1.32. The van der Waals surface area contributed by atoms with Crippen LogP contribution in [0, 0.1) is 0 Å². The van der Waals surface area contributed by atoms with Crippen molar-refractivity contribution in [3.05, 3.63) is 53.6 Å². The van der Waals surface area contributed by atoms with Crippen LogP contribution in [0.1, 0.15) is 31.0 Å². The highest BCUT2D eigenvalue weighted by atomic mass is 32.2. The average Bonchev–Trinajstić information content (AvgIpc) is 3.54. The van der Waals surface area contributed by atoms with Crippen molar-refractivity contribution in [2.75, 3.05) is 43.7 Å². The number of hydrogen-bond acceptors (Lipinski definition) is 8. The van der Waals surface area contributed by atoms with Gasteiger partial charge in [-0.3, -0.25) is 9.36 Å². The van der Waals surface area contributed by atoms with Crippen molar-refractivity contribution < 1.29 is 19.0 Å². The summed E-state index contributed by atoms with van der Waals surface area (Å²) >= 11 is 1.39. The molecule has 1 atom stereocenters. The summed E-state index contributed by atoms with van der Waals surface area (Å²) in [7, 11) is 0. The fourth-order valence-corrected chi connectivity index (χ4v) is 4.99. The number of benzene rings is 2. The van der Waals surface area contributed by atoms with Crippen molar-refractivity contribution in [2.24, 2.45) is 0 Å². The van der Waals surface area contributed by atoms with Gasteiger partial charge in [-0.25, -0.2) is 0 Å². The Morgan fingerprint density at radius 1 is 1.11 bits per heavy atom. The molecule has 1 aromatic heterocycles. The molecule has 0 aliphatic carbocycles. The van der Waals surface area contributed by atoms with Gasteiger partial charge in [0.25, 0.3) is 0 Å². The van der Waals surface area contributed by atoms with E-state index in [2.05, 4.69) is 44.0 Å². The van der Waals surface area contributed by atoms with E-state index in [0.717, 1.165) is 42.5 Å². The highest BCUT2D eigenvalue weighted by Crippen LogP contribution is 2.34. The number of ether oxygens (including phenoxy) is 3. The largest absolute Gasteiger partial charge is 0.454 e. The zero-order valence-corrected chi connectivity index (χ0v) is 20.7. The number of para-hydroxylation sites is 1. The highest BCUT2D eigenvalue weighted by molar-refractivity contribution is 7.99. The lowest BCUT2D eigenvalue weighted by atomic mass is 10.1. The third-order valence-electron chi connectivity index (χ3n) is 6.13. The predicted octanol–water partition coefficient (Wildman–Crippen LogP) is 3.36. The van der Waals surface area contributed by atoms with Crippen LogP contribution in [-0.4, -0.2) is 59.5 Å². The summed E-state index contributed by atoms with van der Waals surface area (Å²) in [5.41, 5.74) is 3.20. The first kappa shape index (κ1) is 23.5. The molecular formula is C25H29N5O4S. The zero-order chi connectivity index (χ0) is 24.2. The molecule has 0 unspecified atom stereocenters. The quantitative estimate of drug-likeness (QED) is 0.476. The number of nitrogens with one attached hydrogen (secondary N) is 1. The molecule has 2 aliphatic heterocycles. The molecule has 184 valence electrons. The lowest BCUT2D eigenvalue weighted by molar-refractivity contribution is -0.119. The van der Waals surface area contributed by atoms with E-state index in [-0.39, 0.29) is 24.5 Å². The van der Waals surface area contributed by atoms with Gasteiger partial charge in [0, 0.05) is 13.1 Å². The van der Waals surface area contributed by atoms with Crippen molar-refractivity contribution in [3.63, 3.8) is 0 Å². The maximum Gasteiger partial charge on any atom is 0.232 e. The summed E-state index contributed by atoms with van der Waals surface area (Å²) in [4.78, 5) is 15.0. The van der Waals surface area contributed by atoms with Gasteiger partial charge in [0.2, 0.25) is 18.6 Å². The fraction of sp³-hybridized carbons (Fsp3) is 0.400. The zero-order valence-electron chi connectivity index (χ0n) is 19.9. The van der Waals surface area contributed by atoms with E-state index in [0.29, 0.717) is 24.1 Å². The van der Waals surface area contributed by atoms with E-state index in [1.807, 2.05) is 37.3 Å². The third-order valence-corrected chi connectivity index (χ3v) is 7.06. The molecule has 2 aliphatic rings. The Morgan fingerprint density at radius 2 is 1.91 bits per heavy atom.